The molecular weight excluding hydrogens is 374 g/mol. The van der Waals surface area contributed by atoms with Crippen LogP contribution < -0.4 is 4.74 Å². The molecule has 2 rings (SSSR count). The number of ether oxygens (including phenoxy) is 3. The fraction of sp³-hybridized carbons (Fsp3) is 0.556. The summed E-state index contributed by atoms with van der Waals surface area (Å²) in [7, 11) is -1.30. The summed E-state index contributed by atoms with van der Waals surface area (Å²) in [5.41, 5.74) is 0.00907. The fourth-order valence-electron chi connectivity index (χ4n) is 3.00. The molecule has 1 aliphatic rings. The van der Waals surface area contributed by atoms with Crippen molar-refractivity contribution < 1.29 is 32.2 Å². The van der Waals surface area contributed by atoms with Crippen LogP contribution in [0, 0.1) is 0 Å². The van der Waals surface area contributed by atoms with E-state index in [0.29, 0.717) is 6.54 Å². The normalized spacial score (nSPS) is 19.2. The average molecular weight is 399 g/mol. The van der Waals surface area contributed by atoms with Crippen molar-refractivity contribution in [3.63, 3.8) is 0 Å². The number of nitrogens with zero attached hydrogens (tertiary/aromatic N) is 1. The highest BCUT2D eigenvalue weighted by molar-refractivity contribution is 7.89. The van der Waals surface area contributed by atoms with E-state index in [4.69, 9.17) is 9.47 Å². The van der Waals surface area contributed by atoms with Crippen molar-refractivity contribution in [3.8, 4) is 5.75 Å². The number of benzene rings is 1. The van der Waals surface area contributed by atoms with E-state index in [1.54, 1.807) is 0 Å². The Morgan fingerprint density at radius 2 is 1.93 bits per heavy atom. The summed E-state index contributed by atoms with van der Waals surface area (Å²) >= 11 is 0. The van der Waals surface area contributed by atoms with Crippen molar-refractivity contribution in [1.82, 2.24) is 4.31 Å². The highest BCUT2D eigenvalue weighted by atomic mass is 32.2. The van der Waals surface area contributed by atoms with Gasteiger partial charge in [0.1, 0.15) is 10.6 Å². The summed E-state index contributed by atoms with van der Waals surface area (Å²) in [6.45, 7) is 3.65. The predicted octanol–water partition coefficient (Wildman–Crippen LogP) is 1.98. The molecule has 1 aliphatic heterocycles. The molecule has 0 radical (unpaired) electrons. The molecule has 2 atom stereocenters. The van der Waals surface area contributed by atoms with Crippen LogP contribution in [0.4, 0.5) is 0 Å². The molecule has 0 bridgehead atoms. The van der Waals surface area contributed by atoms with Gasteiger partial charge in [-0.2, -0.15) is 4.31 Å². The number of rotatable bonds is 6. The van der Waals surface area contributed by atoms with E-state index >= 15 is 0 Å². The van der Waals surface area contributed by atoms with Crippen LogP contribution in [0.5, 0.6) is 5.75 Å². The number of hydrogen-bond acceptors (Lipinski definition) is 7. The van der Waals surface area contributed by atoms with Crippen molar-refractivity contribution in [2.75, 3.05) is 20.8 Å². The van der Waals surface area contributed by atoms with Gasteiger partial charge in [-0.1, -0.05) is 6.42 Å². The first-order chi connectivity index (χ1) is 12.7. The van der Waals surface area contributed by atoms with Crippen molar-refractivity contribution in [2.45, 2.75) is 50.2 Å². The third kappa shape index (κ3) is 4.59. The van der Waals surface area contributed by atoms with Crippen LogP contribution >= 0.6 is 0 Å². The first kappa shape index (κ1) is 21.2. The first-order valence-corrected chi connectivity index (χ1v) is 10.1. The second-order valence-corrected chi connectivity index (χ2v) is 8.26. The molecule has 0 aliphatic carbocycles. The second-order valence-electron chi connectivity index (χ2n) is 6.40. The Bertz CT molecular complexity index is 806. The van der Waals surface area contributed by atoms with Gasteiger partial charge in [-0.05, 0) is 44.9 Å². The maximum Gasteiger partial charge on any atom is 0.346 e. The Morgan fingerprint density at radius 1 is 1.22 bits per heavy atom. The van der Waals surface area contributed by atoms with E-state index in [1.165, 1.54) is 43.6 Å². The molecule has 150 valence electrons. The molecule has 1 aromatic carbocycles. The Balaban J connectivity index is 2.37. The van der Waals surface area contributed by atoms with E-state index in [1.807, 2.05) is 6.92 Å². The molecular formula is C18H25NO7S. The lowest BCUT2D eigenvalue weighted by molar-refractivity contribution is -0.149. The van der Waals surface area contributed by atoms with Crippen molar-refractivity contribution in [2.24, 2.45) is 0 Å². The molecule has 9 heteroatoms. The zero-order valence-corrected chi connectivity index (χ0v) is 16.7. The molecule has 0 saturated carbocycles. The number of piperidine rings is 1. The maximum atomic E-state index is 13.1. The summed E-state index contributed by atoms with van der Waals surface area (Å²) in [5, 5.41) is 0. The lowest BCUT2D eigenvalue weighted by Gasteiger charge is -2.32. The Labute approximate surface area is 159 Å². The van der Waals surface area contributed by atoms with Gasteiger partial charge < -0.3 is 14.2 Å². The molecule has 1 heterocycles. The summed E-state index contributed by atoms with van der Waals surface area (Å²) in [6, 6.07) is 3.88. The van der Waals surface area contributed by atoms with Crippen LogP contribution in [-0.2, 0) is 24.3 Å². The van der Waals surface area contributed by atoms with Crippen LogP contribution in [0.1, 0.15) is 43.5 Å². The molecule has 27 heavy (non-hydrogen) atoms. The molecule has 0 amide bonds. The van der Waals surface area contributed by atoms with E-state index < -0.39 is 28.1 Å². The molecule has 0 aromatic heterocycles. The quantitative estimate of drug-likeness (QED) is 0.674. The summed E-state index contributed by atoms with van der Waals surface area (Å²) in [5.74, 6) is -1.38. The Hall–Kier alpha value is -2.13. The molecule has 1 aromatic rings. The SMILES string of the molecule is COC(=O)[C@H](C)OC(=O)c1ccc(OC)c(S(=O)(=O)N2CCCC[C@@H]2C)c1. The average Bonchev–Trinajstić information content (AvgIpc) is 2.66. The van der Waals surface area contributed by atoms with Gasteiger partial charge in [0, 0.05) is 12.6 Å². The van der Waals surface area contributed by atoms with Crippen LogP contribution in [0.15, 0.2) is 23.1 Å². The second kappa shape index (κ2) is 8.71. The van der Waals surface area contributed by atoms with Crippen LogP contribution in [0.3, 0.4) is 0 Å². The predicted molar refractivity (Wildman–Crippen MR) is 97.1 cm³/mol. The topological polar surface area (TPSA) is 99.2 Å². The lowest BCUT2D eigenvalue weighted by Crippen LogP contribution is -2.42. The van der Waals surface area contributed by atoms with Gasteiger partial charge >= 0.3 is 11.9 Å². The minimum atomic E-state index is -3.85. The van der Waals surface area contributed by atoms with E-state index in [9.17, 15) is 18.0 Å². The van der Waals surface area contributed by atoms with Gasteiger partial charge in [-0.3, -0.25) is 0 Å². The molecule has 1 saturated heterocycles. The highest BCUT2D eigenvalue weighted by Gasteiger charge is 2.34. The van der Waals surface area contributed by atoms with E-state index in [-0.39, 0.29) is 22.3 Å². The van der Waals surface area contributed by atoms with Crippen molar-refractivity contribution in [3.05, 3.63) is 23.8 Å². The third-order valence-electron chi connectivity index (χ3n) is 4.54. The highest BCUT2D eigenvalue weighted by Crippen LogP contribution is 2.31. The number of methoxy groups -OCH3 is 2. The number of carbonyl (C=O) groups excluding carboxylic acids is 2. The van der Waals surface area contributed by atoms with E-state index in [0.717, 1.165) is 19.3 Å². The van der Waals surface area contributed by atoms with Gasteiger partial charge in [0.05, 0.1) is 19.8 Å². The van der Waals surface area contributed by atoms with Gasteiger partial charge in [0.2, 0.25) is 10.0 Å². The van der Waals surface area contributed by atoms with Gasteiger partial charge in [0.25, 0.3) is 0 Å². The fourth-order valence-corrected chi connectivity index (χ4v) is 4.89. The lowest BCUT2D eigenvalue weighted by atomic mass is 10.1. The molecule has 8 nitrogen and oxygen atoms in total. The monoisotopic (exact) mass is 399 g/mol. The number of carbonyl (C=O) groups is 2. The summed E-state index contributed by atoms with van der Waals surface area (Å²) in [4.78, 5) is 23.6. The minimum absolute atomic E-state index is 0.00907. The van der Waals surface area contributed by atoms with Crippen LogP contribution in [0.2, 0.25) is 0 Å². The first-order valence-electron chi connectivity index (χ1n) is 8.71. The molecule has 1 fully saturated rings. The third-order valence-corrected chi connectivity index (χ3v) is 6.58. The van der Waals surface area contributed by atoms with Gasteiger partial charge in [0.15, 0.2) is 6.10 Å². The van der Waals surface area contributed by atoms with Crippen LogP contribution in [-0.4, -0.2) is 57.6 Å². The standard InChI is InChI=1S/C18H25NO7S/c1-12-7-5-6-10-19(12)27(22,23)16-11-14(8-9-15(16)24-3)18(21)26-13(2)17(20)25-4/h8-9,11-13H,5-7,10H2,1-4H3/t12-,13-/m0/s1. The molecule has 0 unspecified atom stereocenters. The number of hydrogen-bond donors (Lipinski definition) is 0. The zero-order chi connectivity index (χ0) is 20.2. The number of esters is 2. The largest absolute Gasteiger partial charge is 0.495 e. The van der Waals surface area contributed by atoms with Crippen molar-refractivity contribution in [1.29, 1.82) is 0 Å². The van der Waals surface area contributed by atoms with E-state index in [2.05, 4.69) is 4.74 Å². The van der Waals surface area contributed by atoms with Gasteiger partial charge in [-0.15, -0.1) is 0 Å². The van der Waals surface area contributed by atoms with Crippen LogP contribution in [0.25, 0.3) is 0 Å². The maximum absolute atomic E-state index is 13.1. The Kier molecular flexibility index (Phi) is 6.83. The van der Waals surface area contributed by atoms with Gasteiger partial charge in [-0.25, -0.2) is 18.0 Å². The number of sulfonamides is 1. The molecule has 0 spiro atoms. The smallest absolute Gasteiger partial charge is 0.346 e. The minimum Gasteiger partial charge on any atom is -0.495 e. The van der Waals surface area contributed by atoms with Crippen molar-refractivity contribution >= 4 is 22.0 Å². The summed E-state index contributed by atoms with van der Waals surface area (Å²) in [6.07, 6.45) is 1.43. The summed E-state index contributed by atoms with van der Waals surface area (Å²) < 4.78 is 42.5. The zero-order valence-electron chi connectivity index (χ0n) is 15.9. The molecule has 0 N–H and O–H groups in total. The Morgan fingerprint density at radius 3 is 2.52 bits per heavy atom.